The third-order valence-electron chi connectivity index (χ3n) is 6.31. The molecule has 178 valence electrons. The summed E-state index contributed by atoms with van der Waals surface area (Å²) < 4.78 is 10.8. The summed E-state index contributed by atoms with van der Waals surface area (Å²) in [4.78, 5) is 23.7. The Morgan fingerprint density at radius 2 is 2.00 bits per heavy atom. The number of ether oxygens (including phenoxy) is 1. The van der Waals surface area contributed by atoms with Gasteiger partial charge in [0.2, 0.25) is 0 Å². The van der Waals surface area contributed by atoms with Gasteiger partial charge >= 0.3 is 5.69 Å². The molecular weight excluding hydrogens is 446 g/mol. The summed E-state index contributed by atoms with van der Waals surface area (Å²) in [6, 6.07) is 12.3. The third-order valence-corrected chi connectivity index (χ3v) is 6.31. The maximum atomic E-state index is 11.8. The molecule has 1 fully saturated rings. The summed E-state index contributed by atoms with van der Waals surface area (Å²) in [5, 5.41) is 11.4. The van der Waals surface area contributed by atoms with Crippen LogP contribution in [0.15, 0.2) is 53.7 Å². The Hall–Kier alpha value is -4.25. The largest absolute Gasteiger partial charge is 0.378 e. The van der Waals surface area contributed by atoms with Crippen LogP contribution in [0.5, 0.6) is 0 Å². The van der Waals surface area contributed by atoms with Crippen LogP contribution in [0.25, 0.3) is 28.2 Å². The topological polar surface area (TPSA) is 112 Å². The van der Waals surface area contributed by atoms with E-state index in [9.17, 15) is 4.79 Å². The van der Waals surface area contributed by atoms with Crippen LogP contribution in [0.2, 0.25) is 0 Å². The van der Waals surface area contributed by atoms with E-state index in [1.54, 1.807) is 18.1 Å². The molecule has 5 aromatic rings. The fourth-order valence-electron chi connectivity index (χ4n) is 4.37. The Balaban J connectivity index is 1.46. The molecule has 0 bridgehead atoms. The number of H-pyrrole nitrogens is 1. The summed E-state index contributed by atoms with van der Waals surface area (Å²) in [7, 11) is 1.69. The highest BCUT2D eigenvalue weighted by atomic mass is 16.5. The fraction of sp³-hybridized carbons (Fsp3) is 0.292. The minimum atomic E-state index is -0.257. The Labute approximate surface area is 200 Å². The summed E-state index contributed by atoms with van der Waals surface area (Å²) in [5.74, 6) is 1.28. The van der Waals surface area contributed by atoms with Crippen molar-refractivity contribution in [3.63, 3.8) is 0 Å². The first-order chi connectivity index (χ1) is 17.1. The molecule has 1 saturated heterocycles. The first-order valence-corrected chi connectivity index (χ1v) is 11.5. The van der Waals surface area contributed by atoms with Gasteiger partial charge in [-0.1, -0.05) is 23.8 Å². The number of aromatic nitrogens is 8. The first kappa shape index (κ1) is 21.3. The van der Waals surface area contributed by atoms with Crippen LogP contribution in [0.3, 0.4) is 0 Å². The predicted molar refractivity (Wildman–Crippen MR) is 131 cm³/mol. The Morgan fingerprint density at radius 3 is 2.77 bits per heavy atom. The molecule has 0 radical (unpaired) electrons. The Bertz CT molecular complexity index is 1570. The molecule has 1 aliphatic rings. The van der Waals surface area contributed by atoms with E-state index in [1.165, 1.54) is 10.1 Å². The van der Waals surface area contributed by atoms with Crippen molar-refractivity contribution in [2.45, 2.75) is 13.5 Å². The van der Waals surface area contributed by atoms with Crippen molar-refractivity contribution in [3.8, 4) is 17.1 Å². The summed E-state index contributed by atoms with van der Waals surface area (Å²) in [6.45, 7) is 5.29. The number of nitrogens with one attached hydrogen (secondary N) is 1. The van der Waals surface area contributed by atoms with Crippen molar-refractivity contribution in [1.29, 1.82) is 0 Å². The predicted octanol–water partition coefficient (Wildman–Crippen LogP) is 1.90. The molecule has 0 amide bonds. The second kappa shape index (κ2) is 8.51. The molecule has 35 heavy (non-hydrogen) atoms. The van der Waals surface area contributed by atoms with Crippen molar-refractivity contribution in [2.24, 2.45) is 7.05 Å². The number of aryl methyl sites for hydroxylation is 1. The van der Waals surface area contributed by atoms with Crippen LogP contribution in [-0.2, 0) is 18.3 Å². The molecule has 0 atom stereocenters. The quantitative estimate of drug-likeness (QED) is 0.417. The van der Waals surface area contributed by atoms with E-state index in [0.29, 0.717) is 37.0 Å². The van der Waals surface area contributed by atoms with E-state index >= 15 is 0 Å². The van der Waals surface area contributed by atoms with Gasteiger partial charge in [-0.15, -0.1) is 0 Å². The molecule has 1 N–H and O–H groups in total. The highest BCUT2D eigenvalue weighted by molar-refractivity contribution is 5.87. The van der Waals surface area contributed by atoms with Crippen LogP contribution in [0.1, 0.15) is 11.4 Å². The van der Waals surface area contributed by atoms with Crippen LogP contribution in [0.4, 0.5) is 5.69 Å². The monoisotopic (exact) mass is 471 g/mol. The lowest BCUT2D eigenvalue weighted by atomic mass is 10.1. The highest BCUT2D eigenvalue weighted by Crippen LogP contribution is 2.29. The van der Waals surface area contributed by atoms with Gasteiger partial charge in [0.15, 0.2) is 17.3 Å². The lowest BCUT2D eigenvalue weighted by Crippen LogP contribution is -2.36. The van der Waals surface area contributed by atoms with Gasteiger partial charge in [0, 0.05) is 38.0 Å². The lowest BCUT2D eigenvalue weighted by Gasteiger charge is -2.29. The number of nitrogens with zero attached hydrogens (tertiary/aromatic N) is 8. The standard InChI is InChI=1S/C24H25N9O2/c1-16-4-3-5-17(12-16)18-6-7-33(29-18)20-13-19(31-8-10-35-11-9-31)22-23(26-20)32(15-25-22)14-21-27-28-24(34)30(21)2/h3-7,12-13,15H,8-11,14H2,1-2H3,(H,28,34). The maximum absolute atomic E-state index is 11.8. The molecule has 11 nitrogen and oxygen atoms in total. The fourth-order valence-corrected chi connectivity index (χ4v) is 4.37. The molecule has 0 unspecified atom stereocenters. The lowest BCUT2D eigenvalue weighted by molar-refractivity contribution is 0.123. The number of rotatable bonds is 5. The molecule has 1 aliphatic heterocycles. The molecule has 0 saturated carbocycles. The van der Waals surface area contributed by atoms with Crippen LogP contribution in [-0.4, -0.2) is 65.4 Å². The number of aromatic amines is 1. The molecule has 11 heteroatoms. The average Bonchev–Trinajstić information content (AvgIpc) is 3.60. The summed E-state index contributed by atoms with van der Waals surface area (Å²) >= 11 is 0. The second-order valence-electron chi connectivity index (χ2n) is 8.66. The van der Waals surface area contributed by atoms with Gasteiger partial charge in [-0.05, 0) is 19.1 Å². The number of benzene rings is 1. The number of pyridine rings is 1. The van der Waals surface area contributed by atoms with E-state index in [0.717, 1.165) is 35.6 Å². The van der Waals surface area contributed by atoms with E-state index in [1.807, 2.05) is 29.0 Å². The Morgan fingerprint density at radius 1 is 1.14 bits per heavy atom. The minimum Gasteiger partial charge on any atom is -0.378 e. The zero-order valence-electron chi connectivity index (χ0n) is 19.5. The highest BCUT2D eigenvalue weighted by Gasteiger charge is 2.21. The number of morpholine rings is 1. The van der Waals surface area contributed by atoms with Gasteiger partial charge in [-0.2, -0.15) is 10.2 Å². The van der Waals surface area contributed by atoms with Crippen LogP contribution in [0, 0.1) is 6.92 Å². The first-order valence-electron chi connectivity index (χ1n) is 11.5. The van der Waals surface area contributed by atoms with E-state index in [-0.39, 0.29) is 5.69 Å². The number of imidazole rings is 1. The van der Waals surface area contributed by atoms with Gasteiger partial charge in [0.1, 0.15) is 5.52 Å². The molecule has 0 spiro atoms. The SMILES string of the molecule is Cc1cccc(-c2ccn(-c3cc(N4CCOCC4)c4ncn(Cc5n[nH]c(=O)n5C)c4n3)n2)c1. The normalized spacial score (nSPS) is 14.2. The van der Waals surface area contributed by atoms with Gasteiger partial charge in [0.25, 0.3) is 0 Å². The van der Waals surface area contributed by atoms with Crippen LogP contribution >= 0.6 is 0 Å². The number of hydrogen-bond acceptors (Lipinski definition) is 7. The van der Waals surface area contributed by atoms with Gasteiger partial charge in [-0.3, -0.25) is 4.57 Å². The van der Waals surface area contributed by atoms with E-state index in [4.69, 9.17) is 14.8 Å². The second-order valence-corrected chi connectivity index (χ2v) is 8.66. The van der Waals surface area contributed by atoms with Gasteiger partial charge in [-0.25, -0.2) is 24.5 Å². The van der Waals surface area contributed by atoms with Crippen molar-refractivity contribution >= 4 is 16.9 Å². The minimum absolute atomic E-state index is 0.257. The third kappa shape index (κ3) is 3.89. The van der Waals surface area contributed by atoms with Gasteiger partial charge in [0.05, 0.1) is 37.5 Å². The molecular formula is C24H25N9O2. The van der Waals surface area contributed by atoms with E-state index < -0.39 is 0 Å². The molecule has 6 rings (SSSR count). The molecule has 4 aromatic heterocycles. The summed E-state index contributed by atoms with van der Waals surface area (Å²) in [6.07, 6.45) is 3.67. The zero-order valence-corrected chi connectivity index (χ0v) is 19.5. The Kier molecular flexibility index (Phi) is 5.18. The maximum Gasteiger partial charge on any atom is 0.343 e. The molecule has 0 aliphatic carbocycles. The average molecular weight is 472 g/mol. The molecule has 1 aromatic carbocycles. The zero-order chi connectivity index (χ0) is 23.9. The van der Waals surface area contributed by atoms with Gasteiger partial charge < -0.3 is 14.2 Å². The van der Waals surface area contributed by atoms with Crippen molar-refractivity contribution in [1.82, 2.24) is 39.1 Å². The van der Waals surface area contributed by atoms with E-state index in [2.05, 4.69) is 45.2 Å². The van der Waals surface area contributed by atoms with Crippen molar-refractivity contribution in [3.05, 3.63) is 70.8 Å². The smallest absolute Gasteiger partial charge is 0.343 e. The van der Waals surface area contributed by atoms with Crippen molar-refractivity contribution < 1.29 is 4.74 Å². The van der Waals surface area contributed by atoms with Crippen LogP contribution < -0.4 is 10.6 Å². The number of fused-ring (bicyclic) bond motifs is 1. The number of anilines is 1. The number of hydrogen-bond donors (Lipinski definition) is 1. The molecule has 5 heterocycles. The summed E-state index contributed by atoms with van der Waals surface area (Å²) in [5.41, 5.74) is 5.34. The van der Waals surface area contributed by atoms with Crippen molar-refractivity contribution in [2.75, 3.05) is 31.2 Å².